The molecule has 686 valence electrons. The zero-order chi connectivity index (χ0) is 91.8. The van der Waals surface area contributed by atoms with Crippen molar-refractivity contribution in [1.29, 1.82) is 15.8 Å². The van der Waals surface area contributed by atoms with Crippen LogP contribution >= 0.6 is 39.1 Å². The lowest BCUT2D eigenvalue weighted by Crippen LogP contribution is -2.48. The highest BCUT2D eigenvalue weighted by atomic mass is 79.9. The van der Waals surface area contributed by atoms with Crippen molar-refractivity contribution in [3.63, 3.8) is 0 Å². The SMILES string of the molecule is C.C1CCOC1.C1CCOC1.C=CCC(C#N)(CCCl)c1ccccc1.C=CCC(C#N)c1ccccc1.C=CCC1(c2ccccc2)CCN(C(=O)OC(C)(C)C)C1.CC(C)(C)OC(=O)N1CCC(CC=O)(c2ccccc2)C1.CC(C)(C)OC(=O)N1CCC(CCN2C[C@@H]3CC[C@H]2Cc2ccccc2C3)(c2ccccc2)C1.ClCCBr.N#CCc1ccccc1. The van der Waals surface area contributed by atoms with E-state index in [4.69, 9.17) is 57.4 Å². The summed E-state index contributed by atoms with van der Waals surface area (Å²) in [5.41, 5.74) is 7.82. The second-order valence-electron chi connectivity index (χ2n) is 36.2. The summed E-state index contributed by atoms with van der Waals surface area (Å²) >= 11 is 14.0. The van der Waals surface area contributed by atoms with Crippen LogP contribution in [0.2, 0.25) is 0 Å². The number of halogens is 3. The van der Waals surface area contributed by atoms with Gasteiger partial charge < -0.3 is 43.2 Å². The van der Waals surface area contributed by atoms with Crippen LogP contribution in [-0.2, 0) is 69.4 Å². The van der Waals surface area contributed by atoms with E-state index in [1.165, 1.54) is 69.0 Å². The lowest BCUT2D eigenvalue weighted by Gasteiger charge is -2.44. The Bertz CT molecular complexity index is 4330. The van der Waals surface area contributed by atoms with E-state index in [1.807, 2.05) is 206 Å². The number of hydrogen-bond donors (Lipinski definition) is 0. The lowest BCUT2D eigenvalue weighted by atomic mass is 9.75. The smallest absolute Gasteiger partial charge is 0.410 e. The zero-order valence-corrected chi connectivity index (χ0v) is 79.7. The molecule has 7 aromatic carbocycles. The number of likely N-dealkylation sites (tertiary alicyclic amines) is 3. The summed E-state index contributed by atoms with van der Waals surface area (Å²) in [7, 11) is 0. The Morgan fingerprint density at radius 1 is 0.535 bits per heavy atom. The number of carbonyl (C=O) groups is 4. The summed E-state index contributed by atoms with van der Waals surface area (Å²) < 4.78 is 26.5. The number of piperidine rings is 1. The normalized spacial score (nSPS) is 20.1. The minimum Gasteiger partial charge on any atom is -0.444 e. The van der Waals surface area contributed by atoms with Crippen molar-refractivity contribution in [1.82, 2.24) is 19.6 Å². The second-order valence-corrected chi connectivity index (χ2v) is 37.8. The minimum absolute atomic E-state index is 0. The summed E-state index contributed by atoms with van der Waals surface area (Å²) in [5.74, 6) is 1.91. The maximum Gasteiger partial charge on any atom is 0.410 e. The van der Waals surface area contributed by atoms with Gasteiger partial charge in [-0.1, -0.05) is 248 Å². The summed E-state index contributed by atoms with van der Waals surface area (Å²) in [6.07, 6.45) is 23.6. The molecule has 0 N–H and O–H groups in total. The van der Waals surface area contributed by atoms with Gasteiger partial charge in [0.1, 0.15) is 23.1 Å². The number of amides is 3. The molecule has 0 spiro atoms. The van der Waals surface area contributed by atoms with Crippen molar-refractivity contribution in [3.05, 3.63) is 289 Å². The Labute approximate surface area is 781 Å². The standard InChI is InChI=1S/C30H40N2O2.C18H25NO2.C17H23NO3.C13H14ClN.C11H11N.C8H7N.2C4H8O.C2H4BrCl.CH4/c1-29(2,3)34-28(33)32-18-16-30(22-32,26-11-5-4-6-12-26)15-17-31-21-23-13-14-27(31)20-25-10-8-7-9-24(25)19-23;1-5-11-18(15-9-7-6-8-10-15)12-13-19(14-18)16(20)21-17(2,3)4;1-16(2,3)21-15(20)18-11-9-17(13-18,10-12-19)14-7-5-4-6-8-14;1-2-8-13(11-15,9-10-14)12-6-4-3-5-7-12;1-2-6-11(9-12)10-7-4-3-5-8-10;9-7-6-8-4-2-1-3-5-8;2*1-2-4-5-3-1;3-1-2-4;/h4-12,23,27H,13-22H2,1-3H3;5-10H,1,11-14H2,2-4H3;4-8,12H,9-11,13H2,1-3H3;2-7H,1,8-10H2;2-5,7-8,11H,1,6H2;1-5H,6H2;2*1-4H2;1-2H2;1H4/t23-,27+,30?;;;;;;;;;/m1........./s1. The van der Waals surface area contributed by atoms with Crippen LogP contribution < -0.4 is 0 Å². The molecule has 7 atom stereocenters. The van der Waals surface area contributed by atoms with Crippen molar-refractivity contribution >= 4 is 63.7 Å². The number of ether oxygens (including phenoxy) is 5. The van der Waals surface area contributed by atoms with Gasteiger partial charge in [0.15, 0.2) is 0 Å². The van der Waals surface area contributed by atoms with Crippen LogP contribution in [0, 0.1) is 39.9 Å². The highest BCUT2D eigenvalue weighted by molar-refractivity contribution is 9.09. The van der Waals surface area contributed by atoms with Crippen LogP contribution in [0.1, 0.15) is 216 Å². The fourth-order valence-electron chi connectivity index (χ4n) is 16.8. The molecule has 6 fully saturated rings. The number of nitriles is 3. The van der Waals surface area contributed by atoms with Gasteiger partial charge >= 0.3 is 18.3 Å². The molecule has 7 heterocycles. The Balaban J connectivity index is 0.000000272. The Morgan fingerprint density at radius 2 is 0.937 bits per heavy atom. The van der Waals surface area contributed by atoms with E-state index in [9.17, 15) is 24.4 Å². The van der Waals surface area contributed by atoms with Crippen LogP contribution in [0.15, 0.2) is 244 Å². The molecule has 15 rings (SSSR count). The third kappa shape index (κ3) is 37.3. The number of carbonyl (C=O) groups excluding carboxylic acids is 4. The molecule has 0 radical (unpaired) electrons. The molecule has 7 aromatic rings. The van der Waals surface area contributed by atoms with Crippen molar-refractivity contribution in [2.75, 3.05) is 95.9 Å². The predicted molar refractivity (Wildman–Crippen MR) is 524 cm³/mol. The number of benzene rings is 7. The molecule has 19 heteroatoms. The number of aldehydes is 1. The molecule has 2 bridgehead atoms. The van der Waals surface area contributed by atoms with E-state index in [2.05, 4.69) is 138 Å². The van der Waals surface area contributed by atoms with Crippen molar-refractivity contribution in [2.45, 2.75) is 236 Å². The molecule has 1 aliphatic carbocycles. The number of rotatable bonds is 20. The van der Waals surface area contributed by atoms with E-state index >= 15 is 0 Å². The quantitative estimate of drug-likeness (QED) is 0.0302. The molecule has 8 aliphatic rings. The topological polar surface area (TPSA) is 199 Å². The third-order valence-corrected chi connectivity index (χ3v) is 24.5. The van der Waals surface area contributed by atoms with E-state index in [0.717, 1.165) is 131 Å². The fraction of sp³-hybridized carbons (Fsp3) is 0.491. The molecular formula is C108H144BrCl2N7O9. The lowest BCUT2D eigenvalue weighted by molar-refractivity contribution is -0.108. The molecular weight excluding hydrogens is 1690 g/mol. The first-order valence-corrected chi connectivity index (χ1v) is 47.1. The summed E-state index contributed by atoms with van der Waals surface area (Å²) in [6, 6.07) is 77.0. The highest BCUT2D eigenvalue weighted by Gasteiger charge is 2.46. The number of hydrogen-bond acceptors (Lipinski definition) is 13. The molecule has 0 aromatic heterocycles. The van der Waals surface area contributed by atoms with Gasteiger partial charge in [-0.05, 0) is 222 Å². The fourth-order valence-corrected chi connectivity index (χ4v) is 17.1. The highest BCUT2D eigenvalue weighted by Crippen LogP contribution is 2.43. The average Bonchev–Trinajstić information content (AvgIpc) is 1.68. The van der Waals surface area contributed by atoms with Gasteiger partial charge in [-0.25, -0.2) is 14.4 Å². The molecule has 127 heavy (non-hydrogen) atoms. The molecule has 16 nitrogen and oxygen atoms in total. The summed E-state index contributed by atoms with van der Waals surface area (Å²) in [6.45, 7) is 38.7. The summed E-state index contributed by atoms with van der Waals surface area (Å²) in [5, 5.41) is 27.3. The molecule has 7 aliphatic heterocycles. The van der Waals surface area contributed by atoms with Crippen LogP contribution in [0.3, 0.4) is 0 Å². The Hall–Kier alpha value is -9.35. The van der Waals surface area contributed by atoms with Gasteiger partial charge in [0.05, 0.1) is 36.0 Å². The maximum absolute atomic E-state index is 12.9. The van der Waals surface area contributed by atoms with Gasteiger partial charge in [0.2, 0.25) is 0 Å². The van der Waals surface area contributed by atoms with Crippen molar-refractivity contribution < 1.29 is 42.9 Å². The van der Waals surface area contributed by atoms with Crippen LogP contribution in [-0.4, -0.2) is 163 Å². The van der Waals surface area contributed by atoms with Crippen LogP contribution in [0.25, 0.3) is 0 Å². The number of fused-ring (bicyclic) bond motifs is 2. The molecule has 3 amide bonds. The largest absolute Gasteiger partial charge is 0.444 e. The Morgan fingerprint density at radius 3 is 1.31 bits per heavy atom. The van der Waals surface area contributed by atoms with E-state index in [-0.39, 0.29) is 47.9 Å². The molecule has 0 saturated carbocycles. The molecule has 5 unspecified atom stereocenters. The zero-order valence-electron chi connectivity index (χ0n) is 76.6. The van der Waals surface area contributed by atoms with Crippen molar-refractivity contribution in [2.24, 2.45) is 5.92 Å². The van der Waals surface area contributed by atoms with Gasteiger partial charge in [0.25, 0.3) is 0 Å². The number of alkyl halides is 3. The summed E-state index contributed by atoms with van der Waals surface area (Å²) in [4.78, 5) is 56.7. The first-order valence-electron chi connectivity index (χ1n) is 44.9. The average molecular weight is 1840 g/mol. The maximum atomic E-state index is 12.9. The molecule has 6 saturated heterocycles. The monoisotopic (exact) mass is 1830 g/mol. The van der Waals surface area contributed by atoms with Gasteiger partial charge in [-0.15, -0.1) is 42.9 Å². The van der Waals surface area contributed by atoms with Crippen molar-refractivity contribution in [3.8, 4) is 18.2 Å². The van der Waals surface area contributed by atoms with Gasteiger partial charge in [-0.2, -0.15) is 15.8 Å². The first-order chi connectivity index (χ1) is 60.5. The Kier molecular flexibility index (Phi) is 48.4. The second kappa shape index (κ2) is 56.9. The van der Waals surface area contributed by atoms with E-state index in [0.29, 0.717) is 63.1 Å². The van der Waals surface area contributed by atoms with E-state index in [1.54, 1.807) is 28.2 Å². The number of nitrogens with zero attached hydrogens (tertiary/aromatic N) is 7. The van der Waals surface area contributed by atoms with Crippen LogP contribution in [0.4, 0.5) is 14.4 Å². The van der Waals surface area contributed by atoms with Gasteiger partial charge in [-0.3, -0.25) is 4.90 Å². The minimum atomic E-state index is -0.509. The van der Waals surface area contributed by atoms with Gasteiger partial charge in [0, 0.05) is 118 Å². The third-order valence-electron chi connectivity index (χ3n) is 23.2. The van der Waals surface area contributed by atoms with Crippen LogP contribution in [0.5, 0.6) is 0 Å². The number of allylic oxidation sites excluding steroid dienone is 3. The predicted octanol–water partition coefficient (Wildman–Crippen LogP) is 25.3. The van der Waals surface area contributed by atoms with E-state index < -0.39 is 22.2 Å². The first kappa shape index (κ1) is 108.